The zero-order valence-corrected chi connectivity index (χ0v) is 17.8. The van der Waals surface area contributed by atoms with E-state index < -0.39 is 0 Å². The molecule has 3 saturated carbocycles. The molecule has 0 amide bonds. The van der Waals surface area contributed by atoms with Gasteiger partial charge in [0, 0.05) is 19.3 Å². The lowest BCUT2D eigenvalue weighted by Gasteiger charge is -2.58. The second-order valence-corrected chi connectivity index (χ2v) is 10.5. The van der Waals surface area contributed by atoms with Crippen LogP contribution in [0.15, 0.2) is 11.6 Å². The average Bonchev–Trinajstić information content (AvgIpc) is 2.90. The normalized spacial score (nSPS) is 44.8. The average molecular weight is 387 g/mol. The van der Waals surface area contributed by atoms with E-state index in [9.17, 15) is 14.4 Å². The first kappa shape index (κ1) is 19.8. The van der Waals surface area contributed by atoms with E-state index in [2.05, 4.69) is 20.8 Å². The SMILES string of the molecule is CC(=O)OCC(=O)[C@H]1C(C)C[C@H]2[C@@H]3CCC4=CC(=O)CC[C@]4(C)[C@H]3CC[C@]12C. The van der Waals surface area contributed by atoms with Gasteiger partial charge in [0.1, 0.15) is 6.61 Å². The van der Waals surface area contributed by atoms with Crippen molar-refractivity contribution in [3.63, 3.8) is 0 Å². The summed E-state index contributed by atoms with van der Waals surface area (Å²) in [5.41, 5.74) is 1.57. The summed E-state index contributed by atoms with van der Waals surface area (Å²) in [6, 6.07) is 0. The molecule has 4 heteroatoms. The number of rotatable bonds is 3. The molecule has 3 fully saturated rings. The third kappa shape index (κ3) is 2.90. The number of hydrogen-bond acceptors (Lipinski definition) is 4. The van der Waals surface area contributed by atoms with Crippen LogP contribution in [-0.2, 0) is 19.1 Å². The van der Waals surface area contributed by atoms with Gasteiger partial charge in [-0.1, -0.05) is 26.3 Å². The van der Waals surface area contributed by atoms with Crippen LogP contribution in [0.5, 0.6) is 0 Å². The van der Waals surface area contributed by atoms with E-state index in [1.54, 1.807) is 0 Å². The summed E-state index contributed by atoms with van der Waals surface area (Å²) < 4.78 is 5.06. The summed E-state index contributed by atoms with van der Waals surface area (Å²) >= 11 is 0. The van der Waals surface area contributed by atoms with Gasteiger partial charge in [-0.05, 0) is 79.1 Å². The molecule has 0 bridgehead atoms. The van der Waals surface area contributed by atoms with Crippen molar-refractivity contribution in [3.05, 3.63) is 11.6 Å². The van der Waals surface area contributed by atoms with E-state index in [-0.39, 0.29) is 35.1 Å². The molecule has 4 nitrogen and oxygen atoms in total. The summed E-state index contributed by atoms with van der Waals surface area (Å²) in [7, 11) is 0. The smallest absolute Gasteiger partial charge is 0.303 e. The Hall–Kier alpha value is -1.45. The fraction of sp³-hybridized carbons (Fsp3) is 0.792. The van der Waals surface area contributed by atoms with Crippen molar-refractivity contribution in [2.24, 2.45) is 40.4 Å². The Kier molecular flexibility index (Phi) is 4.83. The van der Waals surface area contributed by atoms with Crippen LogP contribution >= 0.6 is 0 Å². The molecule has 0 aliphatic heterocycles. The van der Waals surface area contributed by atoms with Gasteiger partial charge in [-0.15, -0.1) is 0 Å². The minimum atomic E-state index is -0.379. The van der Waals surface area contributed by atoms with Gasteiger partial charge in [0.05, 0.1) is 0 Å². The number of carbonyl (C=O) groups excluding carboxylic acids is 3. The molecule has 0 spiro atoms. The van der Waals surface area contributed by atoms with E-state index in [0.717, 1.165) is 38.5 Å². The Bertz CT molecular complexity index is 737. The molecule has 4 aliphatic rings. The number of esters is 1. The molecular weight excluding hydrogens is 352 g/mol. The highest BCUT2D eigenvalue weighted by Crippen LogP contribution is 2.67. The molecular formula is C24H34O4. The Morgan fingerprint density at radius 1 is 1.14 bits per heavy atom. The zero-order chi connectivity index (χ0) is 20.3. The van der Waals surface area contributed by atoms with Crippen molar-refractivity contribution >= 4 is 17.5 Å². The highest BCUT2D eigenvalue weighted by Gasteiger charge is 2.61. The maximum absolute atomic E-state index is 13.0. The van der Waals surface area contributed by atoms with Crippen molar-refractivity contribution in [2.45, 2.75) is 72.6 Å². The summed E-state index contributed by atoms with van der Waals surface area (Å²) in [5, 5.41) is 0. The van der Waals surface area contributed by atoms with Gasteiger partial charge < -0.3 is 4.74 Å². The Labute approximate surface area is 168 Å². The van der Waals surface area contributed by atoms with E-state index in [1.165, 1.54) is 12.5 Å². The summed E-state index contributed by atoms with van der Waals surface area (Å²) in [5.74, 6) is 2.20. The highest BCUT2D eigenvalue weighted by molar-refractivity contribution is 5.91. The first-order chi connectivity index (χ1) is 13.2. The number of fused-ring (bicyclic) bond motifs is 5. The number of ether oxygens (including phenoxy) is 1. The molecule has 4 rings (SSSR count). The van der Waals surface area contributed by atoms with Crippen molar-refractivity contribution in [2.75, 3.05) is 6.61 Å². The van der Waals surface area contributed by atoms with Crippen molar-refractivity contribution in [3.8, 4) is 0 Å². The molecule has 0 radical (unpaired) electrons. The zero-order valence-electron chi connectivity index (χ0n) is 17.8. The molecule has 0 aromatic carbocycles. The maximum atomic E-state index is 13.0. The Balaban J connectivity index is 1.59. The molecule has 0 heterocycles. The fourth-order valence-electron chi connectivity index (χ4n) is 7.87. The topological polar surface area (TPSA) is 60.4 Å². The monoisotopic (exact) mass is 386 g/mol. The number of Topliss-reactive ketones (excluding diaryl/α,β-unsaturated/α-hetero) is 1. The second kappa shape index (κ2) is 6.81. The molecule has 0 aromatic heterocycles. The van der Waals surface area contributed by atoms with Crippen LogP contribution in [0.2, 0.25) is 0 Å². The molecule has 154 valence electrons. The maximum Gasteiger partial charge on any atom is 0.303 e. The first-order valence-electron chi connectivity index (χ1n) is 11.1. The van der Waals surface area contributed by atoms with Crippen LogP contribution < -0.4 is 0 Å². The molecule has 7 atom stereocenters. The highest BCUT2D eigenvalue weighted by atomic mass is 16.5. The number of carbonyl (C=O) groups is 3. The van der Waals surface area contributed by atoms with Crippen molar-refractivity contribution < 1.29 is 19.1 Å². The van der Waals surface area contributed by atoms with Crippen LogP contribution in [0.4, 0.5) is 0 Å². The van der Waals surface area contributed by atoms with Crippen LogP contribution in [0.3, 0.4) is 0 Å². The van der Waals surface area contributed by atoms with E-state index in [1.807, 2.05) is 6.08 Å². The van der Waals surface area contributed by atoms with Crippen LogP contribution in [-0.4, -0.2) is 24.1 Å². The third-order valence-electron chi connectivity index (χ3n) is 9.07. The van der Waals surface area contributed by atoms with Crippen LogP contribution in [0.25, 0.3) is 0 Å². The van der Waals surface area contributed by atoms with Gasteiger partial charge in [0.15, 0.2) is 11.6 Å². The van der Waals surface area contributed by atoms with Crippen LogP contribution in [0, 0.1) is 40.4 Å². The predicted molar refractivity (Wildman–Crippen MR) is 106 cm³/mol. The Morgan fingerprint density at radius 2 is 1.89 bits per heavy atom. The molecule has 1 unspecified atom stereocenters. The number of ketones is 2. The quantitative estimate of drug-likeness (QED) is 0.670. The molecule has 28 heavy (non-hydrogen) atoms. The lowest BCUT2D eigenvalue weighted by atomic mass is 9.46. The van der Waals surface area contributed by atoms with Crippen LogP contribution in [0.1, 0.15) is 72.6 Å². The fourth-order valence-corrected chi connectivity index (χ4v) is 7.87. The van der Waals surface area contributed by atoms with Gasteiger partial charge in [-0.25, -0.2) is 0 Å². The standard InChI is InChI=1S/C24H34O4/c1-14-11-20-18-6-5-16-12-17(26)7-9-23(16,3)19(18)8-10-24(20,4)22(14)21(27)13-28-15(2)25/h12,14,18-20,22H,5-11,13H2,1-4H3/t14?,18-,19+,20+,22-,23+,24+/m1/s1. The van der Waals surface area contributed by atoms with Gasteiger partial charge in [-0.2, -0.15) is 0 Å². The summed E-state index contributed by atoms with van der Waals surface area (Å²) in [6.07, 6.45) is 9.13. The third-order valence-corrected chi connectivity index (χ3v) is 9.07. The minimum Gasteiger partial charge on any atom is -0.458 e. The van der Waals surface area contributed by atoms with Gasteiger partial charge in [-0.3, -0.25) is 14.4 Å². The van der Waals surface area contributed by atoms with Gasteiger partial charge >= 0.3 is 5.97 Å². The summed E-state index contributed by atoms with van der Waals surface area (Å²) in [6.45, 7) is 8.22. The lowest BCUT2D eigenvalue weighted by molar-refractivity contribution is -0.149. The Morgan fingerprint density at radius 3 is 2.61 bits per heavy atom. The van der Waals surface area contributed by atoms with Gasteiger partial charge in [0.2, 0.25) is 0 Å². The second-order valence-electron chi connectivity index (χ2n) is 10.5. The first-order valence-corrected chi connectivity index (χ1v) is 11.1. The minimum absolute atomic E-state index is 0.00419. The lowest BCUT2D eigenvalue weighted by Crippen LogP contribution is -2.51. The number of hydrogen-bond donors (Lipinski definition) is 0. The molecule has 4 aliphatic carbocycles. The molecule has 0 saturated heterocycles. The summed E-state index contributed by atoms with van der Waals surface area (Å²) in [4.78, 5) is 36.1. The number of allylic oxidation sites excluding steroid dienone is 1. The predicted octanol–water partition coefficient (Wildman–Crippen LogP) is 4.51. The van der Waals surface area contributed by atoms with E-state index in [4.69, 9.17) is 4.74 Å². The van der Waals surface area contributed by atoms with Crippen molar-refractivity contribution in [1.29, 1.82) is 0 Å². The molecule has 0 N–H and O–H groups in total. The van der Waals surface area contributed by atoms with Gasteiger partial charge in [0.25, 0.3) is 0 Å². The largest absolute Gasteiger partial charge is 0.458 e. The van der Waals surface area contributed by atoms with Crippen molar-refractivity contribution in [1.82, 2.24) is 0 Å². The van der Waals surface area contributed by atoms with E-state index in [0.29, 0.717) is 35.9 Å². The molecule has 0 aromatic rings. The van der Waals surface area contributed by atoms with E-state index >= 15 is 0 Å².